The number of anilines is 2. The van der Waals surface area contributed by atoms with Crippen LogP contribution in [0.15, 0.2) is 0 Å². The molecule has 0 aromatic carbocycles. The number of nitrogen functional groups attached to an aromatic ring is 1. The summed E-state index contributed by atoms with van der Waals surface area (Å²) in [7, 11) is 1.99. The molecule has 2 N–H and O–H groups in total. The lowest BCUT2D eigenvalue weighted by Crippen LogP contribution is -2.55. The minimum absolute atomic E-state index is 0.511. The quantitative estimate of drug-likeness (QED) is 0.806. The van der Waals surface area contributed by atoms with Gasteiger partial charge in [-0.25, -0.2) is 0 Å². The first-order valence-corrected chi connectivity index (χ1v) is 6.87. The third-order valence-electron chi connectivity index (χ3n) is 4.45. The summed E-state index contributed by atoms with van der Waals surface area (Å²) in [5.74, 6) is 1.10. The molecule has 1 aromatic rings. The fourth-order valence-corrected chi connectivity index (χ4v) is 3.49. The largest absolute Gasteiger partial charge is 0.394 e. The van der Waals surface area contributed by atoms with Gasteiger partial charge in [0.05, 0.1) is 11.4 Å². The predicted molar refractivity (Wildman–Crippen MR) is 73.8 cm³/mol. The fraction of sp³-hybridized carbons (Fsp3) is 0.769. The first-order valence-electron chi connectivity index (χ1n) is 6.87. The van der Waals surface area contributed by atoms with Crippen LogP contribution in [-0.2, 0) is 7.05 Å². The summed E-state index contributed by atoms with van der Waals surface area (Å²) in [6, 6.07) is 1.22. The molecule has 100 valence electrons. The Kier molecular flexibility index (Phi) is 2.73. The van der Waals surface area contributed by atoms with E-state index in [4.69, 9.17) is 5.73 Å². The number of nitrogens with two attached hydrogens (primary N) is 1. The lowest BCUT2D eigenvalue weighted by molar-refractivity contribution is 0.201. The van der Waals surface area contributed by atoms with Gasteiger partial charge in [-0.1, -0.05) is 0 Å². The summed E-state index contributed by atoms with van der Waals surface area (Å²) in [6.07, 6.45) is 2.66. The zero-order valence-corrected chi connectivity index (χ0v) is 11.6. The molecule has 0 spiro atoms. The van der Waals surface area contributed by atoms with Gasteiger partial charge in [-0.05, 0) is 33.2 Å². The minimum atomic E-state index is 0.511. The molecule has 5 heteroatoms. The van der Waals surface area contributed by atoms with Crippen molar-refractivity contribution in [1.29, 1.82) is 0 Å². The van der Waals surface area contributed by atoms with Gasteiger partial charge < -0.3 is 10.6 Å². The zero-order chi connectivity index (χ0) is 12.9. The van der Waals surface area contributed by atoms with Crippen molar-refractivity contribution in [2.24, 2.45) is 7.05 Å². The Morgan fingerprint density at radius 1 is 1.33 bits per heavy atom. The number of hydrogen-bond donors (Lipinski definition) is 1. The molecule has 3 rings (SSSR count). The highest BCUT2D eigenvalue weighted by molar-refractivity contribution is 5.66. The Bertz CT molecular complexity index is 452. The van der Waals surface area contributed by atoms with E-state index in [2.05, 4.69) is 21.8 Å². The summed E-state index contributed by atoms with van der Waals surface area (Å²) in [6.45, 7) is 7.77. The van der Waals surface area contributed by atoms with Crippen LogP contribution < -0.4 is 10.6 Å². The summed E-state index contributed by atoms with van der Waals surface area (Å²) >= 11 is 0. The van der Waals surface area contributed by atoms with Crippen LogP contribution in [0.5, 0.6) is 0 Å². The third-order valence-corrected chi connectivity index (χ3v) is 4.45. The van der Waals surface area contributed by atoms with Crippen molar-refractivity contribution in [3.8, 4) is 0 Å². The van der Waals surface area contributed by atoms with Gasteiger partial charge in [0.2, 0.25) is 0 Å². The smallest absolute Gasteiger partial charge is 0.150 e. The zero-order valence-electron chi connectivity index (χ0n) is 11.6. The van der Waals surface area contributed by atoms with Crippen molar-refractivity contribution in [3.05, 3.63) is 5.69 Å². The normalized spacial score (nSPS) is 28.7. The van der Waals surface area contributed by atoms with E-state index in [1.165, 1.54) is 19.4 Å². The fourth-order valence-electron chi connectivity index (χ4n) is 3.49. The van der Waals surface area contributed by atoms with Crippen LogP contribution in [0.3, 0.4) is 0 Å². The second-order valence-electron chi connectivity index (χ2n) is 5.74. The Labute approximate surface area is 109 Å². The average molecular weight is 249 g/mol. The van der Waals surface area contributed by atoms with E-state index in [-0.39, 0.29) is 0 Å². The molecule has 1 aromatic heterocycles. The first-order chi connectivity index (χ1) is 8.58. The number of hydrogen-bond acceptors (Lipinski definition) is 4. The van der Waals surface area contributed by atoms with E-state index >= 15 is 0 Å². The molecule has 0 bridgehead atoms. The van der Waals surface area contributed by atoms with E-state index in [0.29, 0.717) is 12.1 Å². The molecule has 2 fully saturated rings. The van der Waals surface area contributed by atoms with Crippen molar-refractivity contribution in [2.75, 3.05) is 30.3 Å². The molecule has 3 heterocycles. The monoisotopic (exact) mass is 249 g/mol. The van der Waals surface area contributed by atoms with Crippen LogP contribution in [0, 0.1) is 6.92 Å². The number of piperazine rings is 1. The van der Waals surface area contributed by atoms with Gasteiger partial charge in [0, 0.05) is 32.2 Å². The first kappa shape index (κ1) is 11.8. The summed E-state index contributed by atoms with van der Waals surface area (Å²) in [5.41, 5.74) is 7.98. The van der Waals surface area contributed by atoms with E-state index in [1.54, 1.807) is 0 Å². The number of aromatic nitrogens is 2. The Balaban J connectivity index is 1.91. The number of fused-ring (bicyclic) bond motifs is 1. The second kappa shape index (κ2) is 4.16. The van der Waals surface area contributed by atoms with Crippen LogP contribution in [-0.4, -0.2) is 46.4 Å². The lowest BCUT2D eigenvalue weighted by atomic mass is 10.1. The van der Waals surface area contributed by atoms with Crippen LogP contribution in [0.25, 0.3) is 0 Å². The molecule has 2 aliphatic rings. The SMILES string of the molecule is Cc1nn(C)c(N2CC3CCCN3CC2C)c1N. The van der Waals surface area contributed by atoms with Gasteiger partial charge in [-0.15, -0.1) is 0 Å². The van der Waals surface area contributed by atoms with Crippen molar-refractivity contribution in [1.82, 2.24) is 14.7 Å². The Morgan fingerprint density at radius 3 is 2.78 bits per heavy atom. The summed E-state index contributed by atoms with van der Waals surface area (Å²) < 4.78 is 1.94. The van der Waals surface area contributed by atoms with Gasteiger partial charge in [0.15, 0.2) is 5.82 Å². The van der Waals surface area contributed by atoms with E-state index in [1.807, 2.05) is 18.7 Å². The molecule has 0 saturated carbocycles. The molecule has 2 saturated heterocycles. The molecule has 0 amide bonds. The van der Waals surface area contributed by atoms with E-state index in [0.717, 1.165) is 30.3 Å². The highest BCUT2D eigenvalue weighted by atomic mass is 15.4. The summed E-state index contributed by atoms with van der Waals surface area (Å²) in [4.78, 5) is 5.07. The molecule has 18 heavy (non-hydrogen) atoms. The average Bonchev–Trinajstić information content (AvgIpc) is 2.84. The number of rotatable bonds is 1. The molecule has 2 atom stereocenters. The van der Waals surface area contributed by atoms with Crippen molar-refractivity contribution in [3.63, 3.8) is 0 Å². The molecular weight excluding hydrogens is 226 g/mol. The maximum atomic E-state index is 6.20. The van der Waals surface area contributed by atoms with Gasteiger partial charge >= 0.3 is 0 Å². The molecule has 2 aliphatic heterocycles. The number of nitrogens with zero attached hydrogens (tertiary/aromatic N) is 4. The van der Waals surface area contributed by atoms with Gasteiger partial charge in [0.25, 0.3) is 0 Å². The van der Waals surface area contributed by atoms with Crippen LogP contribution >= 0.6 is 0 Å². The van der Waals surface area contributed by atoms with Gasteiger partial charge in [0.1, 0.15) is 0 Å². The molecule has 2 unspecified atom stereocenters. The maximum Gasteiger partial charge on any atom is 0.150 e. The van der Waals surface area contributed by atoms with Gasteiger partial charge in [-0.3, -0.25) is 9.58 Å². The Morgan fingerprint density at radius 2 is 2.11 bits per heavy atom. The van der Waals surface area contributed by atoms with Crippen molar-refractivity contribution < 1.29 is 0 Å². The standard InChI is InChI=1S/C13H23N5/c1-9-7-17-6-4-5-11(17)8-18(9)13-12(14)10(2)15-16(13)3/h9,11H,4-8,14H2,1-3H3. The predicted octanol–water partition coefficient (Wildman–Crippen LogP) is 0.984. The van der Waals surface area contributed by atoms with Crippen molar-refractivity contribution in [2.45, 2.75) is 38.8 Å². The topological polar surface area (TPSA) is 50.3 Å². The van der Waals surface area contributed by atoms with E-state index < -0.39 is 0 Å². The number of aryl methyl sites for hydroxylation is 2. The Hall–Kier alpha value is -1.23. The molecule has 5 nitrogen and oxygen atoms in total. The highest BCUT2D eigenvalue weighted by Gasteiger charge is 2.36. The van der Waals surface area contributed by atoms with Gasteiger partial charge in [-0.2, -0.15) is 5.10 Å². The summed E-state index contributed by atoms with van der Waals surface area (Å²) in [5, 5.41) is 4.44. The maximum absolute atomic E-state index is 6.20. The van der Waals surface area contributed by atoms with Crippen molar-refractivity contribution >= 4 is 11.5 Å². The van der Waals surface area contributed by atoms with Crippen LogP contribution in [0.1, 0.15) is 25.5 Å². The molecule has 0 aliphatic carbocycles. The lowest BCUT2D eigenvalue weighted by Gasteiger charge is -2.43. The second-order valence-corrected chi connectivity index (χ2v) is 5.74. The third kappa shape index (κ3) is 1.68. The molecule has 0 radical (unpaired) electrons. The van der Waals surface area contributed by atoms with E-state index in [9.17, 15) is 0 Å². The van der Waals surface area contributed by atoms with Crippen LogP contribution in [0.4, 0.5) is 11.5 Å². The molecular formula is C13H23N5. The minimum Gasteiger partial charge on any atom is -0.394 e. The highest BCUT2D eigenvalue weighted by Crippen LogP contribution is 2.32. The van der Waals surface area contributed by atoms with Crippen LogP contribution in [0.2, 0.25) is 0 Å².